The van der Waals surface area contributed by atoms with Crippen LogP contribution in [-0.4, -0.2) is 20.5 Å². The van der Waals surface area contributed by atoms with E-state index in [4.69, 9.17) is 0 Å². The maximum absolute atomic E-state index is 12.6. The van der Waals surface area contributed by atoms with Gasteiger partial charge in [0.1, 0.15) is 0 Å². The molecule has 1 aliphatic rings. The van der Waals surface area contributed by atoms with E-state index in [1.165, 1.54) is 0 Å². The summed E-state index contributed by atoms with van der Waals surface area (Å²) in [6, 6.07) is 7.22. The highest BCUT2D eigenvalue weighted by Crippen LogP contribution is 2.36. The topological polar surface area (TPSA) is 58.2 Å². The number of sulfonamides is 1. The first-order valence-corrected chi connectivity index (χ1v) is 9.33. The molecule has 1 aromatic rings. The van der Waals surface area contributed by atoms with Crippen LogP contribution in [0, 0.1) is 0 Å². The van der Waals surface area contributed by atoms with E-state index in [0.717, 1.165) is 44.2 Å². The molecule has 0 unspecified atom stereocenters. The van der Waals surface area contributed by atoms with E-state index in [9.17, 15) is 8.42 Å². The van der Waals surface area contributed by atoms with E-state index in [1.54, 1.807) is 12.1 Å². The minimum absolute atomic E-state index is 0.213. The minimum atomic E-state index is -3.42. The molecule has 0 bridgehead atoms. The van der Waals surface area contributed by atoms with Gasteiger partial charge in [-0.3, -0.25) is 0 Å². The number of rotatable bonds is 8. The summed E-state index contributed by atoms with van der Waals surface area (Å²) in [7, 11) is -3.42. The highest BCUT2D eigenvalue weighted by molar-refractivity contribution is 7.89. The summed E-state index contributed by atoms with van der Waals surface area (Å²) in [6.07, 6.45) is 4.92. The van der Waals surface area contributed by atoms with Crippen LogP contribution in [0.3, 0.4) is 0 Å². The van der Waals surface area contributed by atoms with E-state index in [0.29, 0.717) is 11.4 Å². The molecule has 4 nitrogen and oxygen atoms in total. The van der Waals surface area contributed by atoms with Gasteiger partial charge in [0.25, 0.3) is 0 Å². The van der Waals surface area contributed by atoms with E-state index >= 15 is 0 Å². The van der Waals surface area contributed by atoms with Gasteiger partial charge in [-0.05, 0) is 56.3 Å². The molecule has 0 heterocycles. The quantitative estimate of drug-likeness (QED) is 0.726. The van der Waals surface area contributed by atoms with Crippen LogP contribution < -0.4 is 10.0 Å². The molecule has 0 radical (unpaired) electrons. The molecule has 1 saturated carbocycles. The van der Waals surface area contributed by atoms with Crippen molar-refractivity contribution in [2.24, 2.45) is 0 Å². The molecule has 0 saturated heterocycles. The second-order valence-electron chi connectivity index (χ2n) is 5.92. The predicted octanol–water partition coefficient (Wildman–Crippen LogP) is 2.80. The summed E-state index contributed by atoms with van der Waals surface area (Å²) in [5, 5.41) is 3.30. The molecule has 2 N–H and O–H groups in total. The highest BCUT2D eigenvalue weighted by Gasteiger charge is 2.39. The van der Waals surface area contributed by atoms with Gasteiger partial charge in [0.2, 0.25) is 10.0 Å². The fourth-order valence-corrected chi connectivity index (χ4v) is 4.31. The van der Waals surface area contributed by atoms with Crippen molar-refractivity contribution >= 4 is 10.0 Å². The zero-order valence-electron chi connectivity index (χ0n) is 13.0. The summed E-state index contributed by atoms with van der Waals surface area (Å²) in [4.78, 5) is 0.373. The summed E-state index contributed by atoms with van der Waals surface area (Å²) in [6.45, 7) is 5.80. The van der Waals surface area contributed by atoms with Gasteiger partial charge in [-0.25, -0.2) is 13.1 Å². The molecule has 1 fully saturated rings. The Bertz CT molecular complexity index is 560. The lowest BCUT2D eigenvalue weighted by Gasteiger charge is -2.41. The third kappa shape index (κ3) is 4.05. The molecule has 0 amide bonds. The van der Waals surface area contributed by atoms with Crippen molar-refractivity contribution in [3.05, 3.63) is 29.8 Å². The van der Waals surface area contributed by atoms with E-state index in [2.05, 4.69) is 17.0 Å². The van der Waals surface area contributed by atoms with E-state index < -0.39 is 10.0 Å². The Labute approximate surface area is 128 Å². The third-order valence-electron chi connectivity index (χ3n) is 4.30. The standard InChI is InChI=1S/C16H26N2O2S/c1-3-11-17-13-14-7-5-8-15(12-14)21(19,20)18-16(4-2)9-6-10-16/h5,7-8,12,17-18H,3-4,6,9-11,13H2,1-2H3. The first-order valence-electron chi connectivity index (χ1n) is 7.85. The Morgan fingerprint density at radius 2 is 2.00 bits per heavy atom. The van der Waals surface area contributed by atoms with Crippen LogP contribution in [0.2, 0.25) is 0 Å². The Hall–Kier alpha value is -0.910. The lowest BCUT2D eigenvalue weighted by molar-refractivity contribution is 0.214. The van der Waals surface area contributed by atoms with E-state index in [-0.39, 0.29) is 5.54 Å². The van der Waals surface area contributed by atoms with Crippen LogP contribution in [0.25, 0.3) is 0 Å². The Kier molecular flexibility index (Phi) is 5.41. The molecule has 0 atom stereocenters. The van der Waals surface area contributed by atoms with Gasteiger partial charge in [0.15, 0.2) is 0 Å². The monoisotopic (exact) mass is 310 g/mol. The van der Waals surface area contributed by atoms with E-state index in [1.807, 2.05) is 19.1 Å². The molecule has 0 spiro atoms. The van der Waals surface area contributed by atoms with Crippen LogP contribution in [0.15, 0.2) is 29.2 Å². The number of hydrogen-bond donors (Lipinski definition) is 2. The number of benzene rings is 1. The van der Waals surface area contributed by atoms with Crippen molar-refractivity contribution in [1.82, 2.24) is 10.0 Å². The Morgan fingerprint density at radius 1 is 1.24 bits per heavy atom. The summed E-state index contributed by atoms with van der Waals surface area (Å²) in [5.41, 5.74) is 0.792. The van der Waals surface area contributed by atoms with Crippen molar-refractivity contribution in [2.45, 2.75) is 62.9 Å². The van der Waals surface area contributed by atoms with Gasteiger partial charge in [-0.1, -0.05) is 26.0 Å². The maximum atomic E-state index is 12.6. The Morgan fingerprint density at radius 3 is 2.57 bits per heavy atom. The third-order valence-corrected chi connectivity index (χ3v) is 5.88. The normalized spacial score (nSPS) is 17.4. The summed E-state index contributed by atoms with van der Waals surface area (Å²) < 4.78 is 28.0. The van der Waals surface area contributed by atoms with Gasteiger partial charge in [0, 0.05) is 12.1 Å². The molecule has 118 valence electrons. The second-order valence-corrected chi connectivity index (χ2v) is 7.60. The van der Waals surface area contributed by atoms with Gasteiger partial charge in [-0.2, -0.15) is 0 Å². The van der Waals surface area contributed by atoms with Crippen molar-refractivity contribution in [3.8, 4) is 0 Å². The molecule has 1 aliphatic carbocycles. The molecule has 1 aromatic carbocycles. The molecule has 0 aliphatic heterocycles. The van der Waals surface area contributed by atoms with Crippen LogP contribution in [0.1, 0.15) is 51.5 Å². The van der Waals surface area contributed by atoms with Crippen molar-refractivity contribution in [3.63, 3.8) is 0 Å². The maximum Gasteiger partial charge on any atom is 0.241 e. The van der Waals surface area contributed by atoms with Crippen LogP contribution in [-0.2, 0) is 16.6 Å². The fraction of sp³-hybridized carbons (Fsp3) is 0.625. The zero-order chi connectivity index (χ0) is 15.3. The molecular weight excluding hydrogens is 284 g/mol. The first kappa shape index (κ1) is 16.5. The predicted molar refractivity (Wildman–Crippen MR) is 85.6 cm³/mol. The SMILES string of the molecule is CCCNCc1cccc(S(=O)(=O)NC2(CC)CCC2)c1. The van der Waals surface area contributed by atoms with Gasteiger partial charge >= 0.3 is 0 Å². The molecular formula is C16H26N2O2S. The summed E-state index contributed by atoms with van der Waals surface area (Å²) in [5.74, 6) is 0. The highest BCUT2D eigenvalue weighted by atomic mass is 32.2. The van der Waals surface area contributed by atoms with Gasteiger partial charge in [0.05, 0.1) is 4.90 Å². The van der Waals surface area contributed by atoms with Crippen molar-refractivity contribution in [1.29, 1.82) is 0 Å². The summed E-state index contributed by atoms with van der Waals surface area (Å²) >= 11 is 0. The first-order chi connectivity index (χ1) is 10.0. The second kappa shape index (κ2) is 6.90. The van der Waals surface area contributed by atoms with Crippen LogP contribution in [0.5, 0.6) is 0 Å². The van der Waals surface area contributed by atoms with Crippen molar-refractivity contribution < 1.29 is 8.42 Å². The number of hydrogen-bond acceptors (Lipinski definition) is 3. The smallest absolute Gasteiger partial charge is 0.241 e. The minimum Gasteiger partial charge on any atom is -0.313 e. The zero-order valence-corrected chi connectivity index (χ0v) is 13.8. The molecule has 0 aromatic heterocycles. The Balaban J connectivity index is 2.10. The van der Waals surface area contributed by atoms with Crippen molar-refractivity contribution in [2.75, 3.05) is 6.54 Å². The lowest BCUT2D eigenvalue weighted by Crippen LogP contribution is -2.52. The average Bonchev–Trinajstić information content (AvgIpc) is 2.44. The molecule has 2 rings (SSSR count). The van der Waals surface area contributed by atoms with Crippen LogP contribution >= 0.6 is 0 Å². The fourth-order valence-electron chi connectivity index (χ4n) is 2.71. The number of nitrogens with one attached hydrogen (secondary N) is 2. The molecule has 21 heavy (non-hydrogen) atoms. The average molecular weight is 310 g/mol. The van der Waals surface area contributed by atoms with Gasteiger partial charge < -0.3 is 5.32 Å². The van der Waals surface area contributed by atoms with Crippen LogP contribution in [0.4, 0.5) is 0 Å². The largest absolute Gasteiger partial charge is 0.313 e. The molecule has 5 heteroatoms. The van der Waals surface area contributed by atoms with Gasteiger partial charge in [-0.15, -0.1) is 0 Å². The lowest BCUT2D eigenvalue weighted by atomic mass is 9.76.